The Morgan fingerprint density at radius 3 is 2.36 bits per heavy atom. The fourth-order valence-electron chi connectivity index (χ4n) is 1.12. The molecule has 0 fully saturated rings. The highest BCUT2D eigenvalue weighted by Gasteiger charge is 2.09. The number of carbonyl (C=O) groups is 1. The molecule has 3 N–H and O–H groups in total. The van der Waals surface area contributed by atoms with Crippen LogP contribution in [-0.2, 0) is 0 Å². The van der Waals surface area contributed by atoms with Gasteiger partial charge in [-0.3, -0.25) is 4.79 Å². The molecule has 1 rings (SSSR count). The maximum atomic E-state index is 11.0. The lowest BCUT2D eigenvalue weighted by atomic mass is 10.0. The molecule has 14 heavy (non-hydrogen) atoms. The number of hydrogen-bond donors (Lipinski definition) is 2. The zero-order valence-electron chi connectivity index (χ0n) is 7.33. The van der Waals surface area contributed by atoms with E-state index in [0.717, 1.165) is 6.21 Å². The zero-order chi connectivity index (χ0) is 10.6. The van der Waals surface area contributed by atoms with E-state index in [9.17, 15) is 4.79 Å². The number of allylic oxidation sites excluding steroid dienone is 1. The zero-order valence-corrected chi connectivity index (χ0v) is 8.08. The molecular formula is C10H9ClN2O. The van der Waals surface area contributed by atoms with Crippen LogP contribution in [0.5, 0.6) is 0 Å². The predicted molar refractivity (Wildman–Crippen MR) is 57.6 cm³/mol. The predicted octanol–water partition coefficient (Wildman–Crippen LogP) is 2.01. The van der Waals surface area contributed by atoms with Gasteiger partial charge in [-0.2, -0.15) is 0 Å². The number of nitrogens with two attached hydrogens (primary N) is 1. The quantitative estimate of drug-likeness (QED) is 0.590. The van der Waals surface area contributed by atoms with E-state index in [1.807, 2.05) is 0 Å². The van der Waals surface area contributed by atoms with Crippen molar-refractivity contribution in [2.75, 3.05) is 0 Å². The first-order valence-corrected chi connectivity index (χ1v) is 4.30. The van der Waals surface area contributed by atoms with Gasteiger partial charge in [-0.25, -0.2) is 0 Å². The van der Waals surface area contributed by atoms with Crippen molar-refractivity contribution in [3.63, 3.8) is 0 Å². The molecule has 0 aliphatic rings. The number of benzene rings is 1. The average Bonchev–Trinajstić information content (AvgIpc) is 2.20. The highest BCUT2D eigenvalue weighted by atomic mass is 35.5. The molecule has 72 valence electrons. The summed E-state index contributed by atoms with van der Waals surface area (Å²) in [4.78, 5) is 11.0. The van der Waals surface area contributed by atoms with Gasteiger partial charge in [0.25, 0.3) is 5.24 Å². The summed E-state index contributed by atoms with van der Waals surface area (Å²) in [5, 5.41) is 6.55. The van der Waals surface area contributed by atoms with E-state index < -0.39 is 5.24 Å². The summed E-state index contributed by atoms with van der Waals surface area (Å²) in [5.41, 5.74) is 6.71. The Morgan fingerprint density at radius 1 is 1.36 bits per heavy atom. The maximum Gasteiger partial charge on any atom is 0.253 e. The second-order valence-electron chi connectivity index (χ2n) is 2.59. The van der Waals surface area contributed by atoms with E-state index in [4.69, 9.17) is 22.7 Å². The van der Waals surface area contributed by atoms with Crippen LogP contribution in [0.2, 0.25) is 0 Å². The van der Waals surface area contributed by atoms with Crippen molar-refractivity contribution in [1.82, 2.24) is 0 Å². The Kier molecular flexibility index (Phi) is 3.42. The molecule has 0 spiro atoms. The number of hydrogen-bond acceptors (Lipinski definition) is 3. The van der Waals surface area contributed by atoms with Crippen LogP contribution in [0.1, 0.15) is 15.9 Å². The second-order valence-corrected chi connectivity index (χ2v) is 2.93. The fraction of sp³-hybridized carbons (Fsp3) is 0. The Bertz CT molecular complexity index is 399. The van der Waals surface area contributed by atoms with Crippen molar-refractivity contribution in [1.29, 1.82) is 5.41 Å². The van der Waals surface area contributed by atoms with Crippen LogP contribution in [0.15, 0.2) is 30.5 Å². The number of halogens is 1. The summed E-state index contributed by atoms with van der Waals surface area (Å²) in [5.74, 6) is 0. The minimum atomic E-state index is -0.554. The third-order valence-corrected chi connectivity index (χ3v) is 1.99. The summed E-state index contributed by atoms with van der Waals surface area (Å²) in [6.45, 7) is 0. The van der Waals surface area contributed by atoms with Gasteiger partial charge in [0.15, 0.2) is 0 Å². The Hall–Kier alpha value is -1.61. The molecule has 4 heteroatoms. The van der Waals surface area contributed by atoms with Gasteiger partial charge >= 0.3 is 0 Å². The van der Waals surface area contributed by atoms with E-state index >= 15 is 0 Å². The van der Waals surface area contributed by atoms with Crippen LogP contribution in [0, 0.1) is 5.41 Å². The van der Waals surface area contributed by atoms with Gasteiger partial charge in [-0.05, 0) is 23.2 Å². The molecule has 0 radical (unpaired) electrons. The second kappa shape index (κ2) is 4.58. The number of nitrogens with one attached hydrogen (secondary N) is 1. The molecule has 0 aliphatic heterocycles. The first kappa shape index (κ1) is 10.5. The molecule has 0 amide bonds. The molecule has 0 unspecified atom stereocenters. The van der Waals surface area contributed by atoms with E-state index in [1.165, 1.54) is 6.20 Å². The van der Waals surface area contributed by atoms with Gasteiger partial charge in [0.2, 0.25) is 0 Å². The van der Waals surface area contributed by atoms with Gasteiger partial charge in [0.05, 0.1) is 0 Å². The number of carbonyl (C=O) groups excluding carboxylic acids is 1. The lowest BCUT2D eigenvalue weighted by Crippen LogP contribution is -1.99. The lowest BCUT2D eigenvalue weighted by molar-refractivity contribution is 0.108. The Labute approximate surface area is 86.7 Å². The van der Waals surface area contributed by atoms with Crippen molar-refractivity contribution < 1.29 is 4.79 Å². The van der Waals surface area contributed by atoms with E-state index in [-0.39, 0.29) is 0 Å². The van der Waals surface area contributed by atoms with Gasteiger partial charge in [0.1, 0.15) is 0 Å². The maximum absolute atomic E-state index is 11.0. The molecule has 1 aromatic carbocycles. The molecule has 0 aromatic heterocycles. The largest absolute Gasteiger partial charge is 0.404 e. The minimum Gasteiger partial charge on any atom is -0.404 e. The molecule has 1 aromatic rings. The Morgan fingerprint density at radius 2 is 1.93 bits per heavy atom. The summed E-state index contributed by atoms with van der Waals surface area (Å²) in [6.07, 6.45) is 2.35. The van der Waals surface area contributed by atoms with Crippen LogP contribution in [0.3, 0.4) is 0 Å². The fourth-order valence-corrected chi connectivity index (χ4v) is 1.29. The van der Waals surface area contributed by atoms with Crippen molar-refractivity contribution in [2.24, 2.45) is 5.73 Å². The smallest absolute Gasteiger partial charge is 0.253 e. The molecule has 0 aliphatic carbocycles. The van der Waals surface area contributed by atoms with Crippen LogP contribution in [0.4, 0.5) is 0 Å². The van der Waals surface area contributed by atoms with Gasteiger partial charge in [-0.15, -0.1) is 0 Å². The van der Waals surface area contributed by atoms with Crippen molar-refractivity contribution in [3.8, 4) is 0 Å². The first-order chi connectivity index (χ1) is 6.70. The van der Waals surface area contributed by atoms with Crippen LogP contribution in [-0.4, -0.2) is 11.5 Å². The van der Waals surface area contributed by atoms with Crippen molar-refractivity contribution >= 4 is 28.6 Å². The molecule has 0 heterocycles. The highest BCUT2D eigenvalue weighted by Crippen LogP contribution is 2.18. The Balaban J connectivity index is 3.33. The van der Waals surface area contributed by atoms with Crippen LogP contribution < -0.4 is 5.73 Å². The molecule has 0 bridgehead atoms. The summed E-state index contributed by atoms with van der Waals surface area (Å²) in [6, 6.07) is 6.75. The van der Waals surface area contributed by atoms with Gasteiger partial charge < -0.3 is 11.1 Å². The third-order valence-electron chi connectivity index (χ3n) is 1.78. The van der Waals surface area contributed by atoms with E-state index in [1.54, 1.807) is 24.3 Å². The minimum absolute atomic E-state index is 0.356. The lowest BCUT2D eigenvalue weighted by Gasteiger charge is -2.04. The standard InChI is InChI=1S/C10H9ClN2O/c11-10(14)9-4-2-1-3-8(9)7(5-12)6-13/h1-6,12H,13H2/b7-6+,12-5?. The topological polar surface area (TPSA) is 66.9 Å². The van der Waals surface area contributed by atoms with Crippen LogP contribution in [0.25, 0.3) is 5.57 Å². The SMILES string of the molecule is N=C/C(=C\N)c1ccccc1C(=O)Cl. The molecular weight excluding hydrogens is 200 g/mol. The molecule has 3 nitrogen and oxygen atoms in total. The van der Waals surface area contributed by atoms with Crippen molar-refractivity contribution in [2.45, 2.75) is 0 Å². The normalized spacial score (nSPS) is 11.1. The molecule has 0 atom stereocenters. The number of rotatable bonds is 3. The molecule has 0 saturated heterocycles. The average molecular weight is 209 g/mol. The van der Waals surface area contributed by atoms with Gasteiger partial charge in [0, 0.05) is 23.6 Å². The van der Waals surface area contributed by atoms with Crippen molar-refractivity contribution in [3.05, 3.63) is 41.6 Å². The molecule has 0 saturated carbocycles. The summed E-state index contributed by atoms with van der Waals surface area (Å²) >= 11 is 5.38. The highest BCUT2D eigenvalue weighted by molar-refractivity contribution is 6.68. The third kappa shape index (κ3) is 2.00. The van der Waals surface area contributed by atoms with Crippen LogP contribution >= 0.6 is 11.6 Å². The van der Waals surface area contributed by atoms with E-state index in [0.29, 0.717) is 16.7 Å². The van der Waals surface area contributed by atoms with E-state index in [2.05, 4.69) is 0 Å². The first-order valence-electron chi connectivity index (χ1n) is 3.92. The summed E-state index contributed by atoms with van der Waals surface area (Å²) in [7, 11) is 0. The summed E-state index contributed by atoms with van der Waals surface area (Å²) < 4.78 is 0. The van der Waals surface area contributed by atoms with Gasteiger partial charge in [-0.1, -0.05) is 18.2 Å². The monoisotopic (exact) mass is 208 g/mol.